The first-order chi connectivity index (χ1) is 18.4. The molecule has 0 saturated carbocycles. The smallest absolute Gasteiger partial charge is 0.256 e. The number of methoxy groups -OCH3 is 6. The molecular weight excluding hydrogens is 494 g/mol. The van der Waals surface area contributed by atoms with Crippen molar-refractivity contribution in [3.8, 4) is 34.5 Å². The Labute approximate surface area is 220 Å². The van der Waals surface area contributed by atoms with Gasteiger partial charge in [0.05, 0.1) is 54.8 Å². The third-order valence-electron chi connectivity index (χ3n) is 6.38. The summed E-state index contributed by atoms with van der Waals surface area (Å²) < 4.78 is 32.6. The van der Waals surface area contributed by atoms with Crippen LogP contribution in [0.1, 0.15) is 12.0 Å². The number of nitrogens with one attached hydrogen (secondary N) is 1. The molecule has 200 valence electrons. The third kappa shape index (κ3) is 4.25. The number of rotatable bonds is 10. The molecule has 1 aliphatic rings. The number of anilines is 2. The minimum absolute atomic E-state index is 0.0917. The number of nitrogens with zero attached hydrogens (tertiary/aromatic N) is 2. The zero-order chi connectivity index (χ0) is 27.4. The molecule has 2 amide bonds. The second-order valence-electron chi connectivity index (χ2n) is 8.26. The second kappa shape index (κ2) is 10.8. The van der Waals surface area contributed by atoms with Crippen molar-refractivity contribution in [2.24, 2.45) is 0 Å². The molecule has 1 aliphatic heterocycles. The Morgan fingerprint density at radius 3 is 1.79 bits per heavy atom. The fourth-order valence-electron chi connectivity index (χ4n) is 4.60. The van der Waals surface area contributed by atoms with Gasteiger partial charge in [-0.15, -0.1) is 0 Å². The summed E-state index contributed by atoms with van der Waals surface area (Å²) in [6.07, 6.45) is 3.07. The highest BCUT2D eigenvalue weighted by molar-refractivity contribution is 6.17. The number of amides is 2. The van der Waals surface area contributed by atoms with E-state index in [0.717, 1.165) is 0 Å². The highest BCUT2D eigenvalue weighted by Gasteiger charge is 2.59. The zero-order valence-corrected chi connectivity index (χ0v) is 22.0. The van der Waals surface area contributed by atoms with Gasteiger partial charge in [0.2, 0.25) is 17.4 Å². The molecule has 0 bridgehead atoms. The van der Waals surface area contributed by atoms with Gasteiger partial charge in [-0.2, -0.15) is 0 Å². The van der Waals surface area contributed by atoms with E-state index >= 15 is 0 Å². The van der Waals surface area contributed by atoms with Crippen LogP contribution >= 0.6 is 0 Å². The molecule has 0 radical (unpaired) electrons. The van der Waals surface area contributed by atoms with Crippen LogP contribution in [0.4, 0.5) is 11.4 Å². The lowest BCUT2D eigenvalue weighted by Gasteiger charge is -2.50. The number of pyridine rings is 1. The Kier molecular flexibility index (Phi) is 7.47. The highest BCUT2D eigenvalue weighted by Crippen LogP contribution is 2.50. The summed E-state index contributed by atoms with van der Waals surface area (Å²) in [5, 5.41) is 2.92. The highest BCUT2D eigenvalue weighted by atomic mass is 16.5. The van der Waals surface area contributed by atoms with Crippen molar-refractivity contribution in [1.29, 1.82) is 0 Å². The van der Waals surface area contributed by atoms with Crippen LogP contribution in [0.3, 0.4) is 0 Å². The first-order valence-corrected chi connectivity index (χ1v) is 11.5. The van der Waals surface area contributed by atoms with Gasteiger partial charge in [-0.3, -0.25) is 19.5 Å². The van der Waals surface area contributed by atoms with E-state index in [1.54, 1.807) is 48.8 Å². The zero-order valence-electron chi connectivity index (χ0n) is 22.0. The largest absolute Gasteiger partial charge is 0.493 e. The van der Waals surface area contributed by atoms with E-state index in [4.69, 9.17) is 28.4 Å². The minimum Gasteiger partial charge on any atom is -0.493 e. The maximum atomic E-state index is 14.1. The number of ether oxygens (including phenoxy) is 6. The van der Waals surface area contributed by atoms with Gasteiger partial charge >= 0.3 is 0 Å². The molecule has 1 N–H and O–H groups in total. The minimum atomic E-state index is -1.42. The number of β-lactam (4-membered cyclic amide) rings is 1. The van der Waals surface area contributed by atoms with Crippen molar-refractivity contribution in [3.05, 3.63) is 54.4 Å². The predicted octanol–water partition coefficient (Wildman–Crippen LogP) is 3.40. The summed E-state index contributed by atoms with van der Waals surface area (Å²) in [6.45, 7) is 0. The van der Waals surface area contributed by atoms with Gasteiger partial charge in [0.25, 0.3) is 5.91 Å². The van der Waals surface area contributed by atoms with Crippen LogP contribution in [0, 0.1) is 0 Å². The molecule has 0 aliphatic carbocycles. The Morgan fingerprint density at radius 1 is 0.842 bits per heavy atom. The van der Waals surface area contributed by atoms with E-state index in [-0.39, 0.29) is 12.3 Å². The van der Waals surface area contributed by atoms with Gasteiger partial charge in [0.1, 0.15) is 0 Å². The van der Waals surface area contributed by atoms with Crippen LogP contribution in [0.15, 0.2) is 48.8 Å². The average Bonchev–Trinajstić information content (AvgIpc) is 2.94. The van der Waals surface area contributed by atoms with Crippen molar-refractivity contribution in [1.82, 2.24) is 4.98 Å². The molecule has 1 aromatic heterocycles. The topological polar surface area (TPSA) is 118 Å². The lowest BCUT2D eigenvalue weighted by Crippen LogP contribution is -2.67. The van der Waals surface area contributed by atoms with Crippen molar-refractivity contribution in [2.75, 3.05) is 52.9 Å². The predicted molar refractivity (Wildman–Crippen MR) is 139 cm³/mol. The Bertz CT molecular complexity index is 1300. The average molecular weight is 524 g/mol. The molecule has 1 unspecified atom stereocenters. The maximum Gasteiger partial charge on any atom is 0.256 e. The summed E-state index contributed by atoms with van der Waals surface area (Å²) >= 11 is 0. The molecule has 1 fully saturated rings. The summed E-state index contributed by atoms with van der Waals surface area (Å²) in [5.41, 5.74) is -0.119. The Hall–Kier alpha value is -4.67. The molecule has 1 saturated heterocycles. The molecule has 0 spiro atoms. The summed E-state index contributed by atoms with van der Waals surface area (Å²) in [6, 6.07) is 9.92. The lowest BCUT2D eigenvalue weighted by molar-refractivity contribution is -0.137. The first kappa shape index (κ1) is 26.4. The van der Waals surface area contributed by atoms with E-state index in [2.05, 4.69) is 10.3 Å². The van der Waals surface area contributed by atoms with E-state index in [1.165, 1.54) is 47.6 Å². The first-order valence-electron chi connectivity index (χ1n) is 11.5. The molecule has 11 heteroatoms. The molecule has 4 rings (SSSR count). The standard InChI is InChI=1S/C27H29N3O8/c1-33-19-10-17(11-20(34-2)24(19)37-5)29-26(32)27(16-8-7-9-28-15-16)14-23(31)30(27)18-12-21(35-3)25(38-6)22(13-18)36-4/h7-13,15H,14H2,1-6H3,(H,29,32). The number of carbonyl (C=O) groups is 2. The van der Waals surface area contributed by atoms with Crippen molar-refractivity contribution >= 4 is 23.2 Å². The van der Waals surface area contributed by atoms with Crippen LogP contribution in [-0.4, -0.2) is 59.5 Å². The monoisotopic (exact) mass is 523 g/mol. The molecule has 11 nitrogen and oxygen atoms in total. The van der Waals surface area contributed by atoms with Crippen LogP contribution in [0.5, 0.6) is 34.5 Å². The summed E-state index contributed by atoms with van der Waals surface area (Å²) in [7, 11) is 8.90. The second-order valence-corrected chi connectivity index (χ2v) is 8.26. The van der Waals surface area contributed by atoms with Gasteiger partial charge in [-0.05, 0) is 6.07 Å². The van der Waals surface area contributed by atoms with Crippen LogP contribution in [0.25, 0.3) is 0 Å². The van der Waals surface area contributed by atoms with Gasteiger partial charge in [-0.1, -0.05) is 6.07 Å². The maximum absolute atomic E-state index is 14.1. The van der Waals surface area contributed by atoms with Gasteiger partial charge in [0.15, 0.2) is 28.5 Å². The van der Waals surface area contributed by atoms with Crippen molar-refractivity contribution < 1.29 is 38.0 Å². The van der Waals surface area contributed by atoms with Crippen molar-refractivity contribution in [3.63, 3.8) is 0 Å². The van der Waals surface area contributed by atoms with E-state index in [0.29, 0.717) is 51.4 Å². The summed E-state index contributed by atoms with van der Waals surface area (Å²) in [5.74, 6) is 1.41. The Morgan fingerprint density at radius 2 is 1.37 bits per heavy atom. The van der Waals surface area contributed by atoms with Gasteiger partial charge < -0.3 is 33.7 Å². The fourth-order valence-corrected chi connectivity index (χ4v) is 4.60. The van der Waals surface area contributed by atoms with E-state index < -0.39 is 11.4 Å². The molecule has 38 heavy (non-hydrogen) atoms. The van der Waals surface area contributed by atoms with E-state index in [1.807, 2.05) is 0 Å². The number of hydrogen-bond donors (Lipinski definition) is 1. The number of aromatic nitrogens is 1. The van der Waals surface area contributed by atoms with Gasteiger partial charge in [-0.25, -0.2) is 0 Å². The number of hydrogen-bond acceptors (Lipinski definition) is 9. The number of benzene rings is 2. The lowest BCUT2D eigenvalue weighted by atomic mass is 9.76. The number of carbonyl (C=O) groups excluding carboxylic acids is 2. The van der Waals surface area contributed by atoms with Crippen LogP contribution < -0.4 is 38.6 Å². The third-order valence-corrected chi connectivity index (χ3v) is 6.38. The normalized spacial score (nSPS) is 16.3. The summed E-state index contributed by atoms with van der Waals surface area (Å²) in [4.78, 5) is 32.9. The molecule has 2 aromatic carbocycles. The van der Waals surface area contributed by atoms with Crippen LogP contribution in [0.2, 0.25) is 0 Å². The molecular formula is C27H29N3O8. The van der Waals surface area contributed by atoms with Crippen molar-refractivity contribution in [2.45, 2.75) is 12.0 Å². The SMILES string of the molecule is COc1cc(NC(=O)C2(c3cccnc3)CC(=O)N2c2cc(OC)c(OC)c(OC)c2)cc(OC)c1OC. The molecule has 3 aromatic rings. The van der Waals surface area contributed by atoms with Gasteiger partial charge in [0, 0.05) is 47.9 Å². The molecule has 1 atom stereocenters. The van der Waals surface area contributed by atoms with Crippen LogP contribution in [-0.2, 0) is 15.1 Å². The Balaban J connectivity index is 1.84. The molecule has 2 heterocycles. The quantitative estimate of drug-likeness (QED) is 0.399. The van der Waals surface area contributed by atoms with E-state index in [9.17, 15) is 9.59 Å². The fraction of sp³-hybridized carbons (Fsp3) is 0.296.